The Balaban J connectivity index is 2.09. The Hall–Kier alpha value is -1.65. The first-order chi connectivity index (χ1) is 7.50. The maximum Gasteiger partial charge on any atom is 0.306 e. The highest BCUT2D eigenvalue weighted by atomic mass is 16.4. The number of hydrogen-bond acceptors (Lipinski definition) is 3. The molecule has 0 aromatic heterocycles. The summed E-state index contributed by atoms with van der Waals surface area (Å²) in [5.41, 5.74) is 0.434. The smallest absolute Gasteiger partial charge is 0.306 e. The number of carbonyl (C=O) groups is 3. The Morgan fingerprint density at radius 1 is 1.44 bits per heavy atom. The zero-order valence-corrected chi connectivity index (χ0v) is 8.97. The largest absolute Gasteiger partial charge is 0.481 e. The van der Waals surface area contributed by atoms with Crippen molar-refractivity contribution in [3.05, 3.63) is 11.6 Å². The van der Waals surface area contributed by atoms with Crippen molar-refractivity contribution in [2.45, 2.75) is 32.2 Å². The lowest BCUT2D eigenvalue weighted by molar-refractivity contribution is -0.144. The average molecular weight is 223 g/mol. The fraction of sp³-hybridized carbons (Fsp3) is 0.545. The molecule has 1 aliphatic heterocycles. The highest BCUT2D eigenvalue weighted by Gasteiger charge is 2.40. The van der Waals surface area contributed by atoms with Crippen LogP contribution in [0.2, 0.25) is 0 Å². The van der Waals surface area contributed by atoms with Crippen LogP contribution in [0.3, 0.4) is 0 Å². The third-order valence-electron chi connectivity index (χ3n) is 3.25. The normalized spacial score (nSPS) is 29.8. The Morgan fingerprint density at radius 2 is 2.12 bits per heavy atom. The minimum absolute atomic E-state index is 0.241. The van der Waals surface area contributed by atoms with Crippen LogP contribution in [0.15, 0.2) is 11.6 Å². The molecule has 0 spiro atoms. The summed E-state index contributed by atoms with van der Waals surface area (Å²) in [6.07, 6.45) is 2.83. The van der Waals surface area contributed by atoms with Gasteiger partial charge >= 0.3 is 5.97 Å². The number of carboxylic acids is 1. The summed E-state index contributed by atoms with van der Waals surface area (Å²) in [7, 11) is 0. The lowest BCUT2D eigenvalue weighted by atomic mass is 10.1. The minimum Gasteiger partial charge on any atom is -0.481 e. The van der Waals surface area contributed by atoms with E-state index in [1.54, 1.807) is 6.92 Å². The fourth-order valence-electron chi connectivity index (χ4n) is 2.37. The zero-order chi connectivity index (χ0) is 11.9. The molecule has 16 heavy (non-hydrogen) atoms. The van der Waals surface area contributed by atoms with Crippen LogP contribution >= 0.6 is 0 Å². The summed E-state index contributed by atoms with van der Waals surface area (Å²) in [6.45, 7) is 1.60. The SMILES string of the molecule is CC1=CC(=O)N(C2CCC(C(=O)O)C2)C1=O. The van der Waals surface area contributed by atoms with E-state index in [0.29, 0.717) is 24.8 Å². The van der Waals surface area contributed by atoms with Gasteiger partial charge in [0.15, 0.2) is 0 Å². The van der Waals surface area contributed by atoms with Gasteiger partial charge in [-0.25, -0.2) is 0 Å². The summed E-state index contributed by atoms with van der Waals surface area (Å²) in [5.74, 6) is -1.85. The highest BCUT2D eigenvalue weighted by molar-refractivity contribution is 6.16. The van der Waals surface area contributed by atoms with Gasteiger partial charge in [0.05, 0.1) is 5.92 Å². The van der Waals surface area contributed by atoms with Crippen LogP contribution < -0.4 is 0 Å². The van der Waals surface area contributed by atoms with Crippen LogP contribution in [0.25, 0.3) is 0 Å². The first-order valence-corrected chi connectivity index (χ1v) is 5.29. The van der Waals surface area contributed by atoms with Crippen molar-refractivity contribution in [2.24, 2.45) is 5.92 Å². The van der Waals surface area contributed by atoms with Gasteiger partial charge in [-0.1, -0.05) is 0 Å². The first-order valence-electron chi connectivity index (χ1n) is 5.29. The van der Waals surface area contributed by atoms with E-state index in [0.717, 1.165) is 0 Å². The molecule has 1 saturated carbocycles. The topological polar surface area (TPSA) is 74.7 Å². The summed E-state index contributed by atoms with van der Waals surface area (Å²) >= 11 is 0. The van der Waals surface area contributed by atoms with Crippen molar-refractivity contribution < 1.29 is 19.5 Å². The molecule has 1 aliphatic carbocycles. The van der Waals surface area contributed by atoms with E-state index in [4.69, 9.17) is 5.11 Å². The summed E-state index contributed by atoms with van der Waals surface area (Å²) in [5, 5.41) is 8.86. The fourth-order valence-corrected chi connectivity index (χ4v) is 2.37. The molecule has 2 unspecified atom stereocenters. The summed E-state index contributed by atoms with van der Waals surface area (Å²) in [6, 6.07) is -0.241. The van der Waals surface area contributed by atoms with Gasteiger partial charge in [0.1, 0.15) is 0 Å². The lowest BCUT2D eigenvalue weighted by Gasteiger charge is -2.22. The van der Waals surface area contributed by atoms with E-state index in [-0.39, 0.29) is 17.9 Å². The second-order valence-corrected chi connectivity index (χ2v) is 4.34. The molecule has 0 aromatic carbocycles. The molecular formula is C11H13NO4. The second kappa shape index (κ2) is 3.73. The predicted molar refractivity (Wildman–Crippen MR) is 54.4 cm³/mol. The molecule has 0 aromatic rings. The summed E-state index contributed by atoms with van der Waals surface area (Å²) < 4.78 is 0. The van der Waals surface area contributed by atoms with Crippen LogP contribution in [0.5, 0.6) is 0 Å². The van der Waals surface area contributed by atoms with Crippen molar-refractivity contribution in [1.29, 1.82) is 0 Å². The number of hydrogen-bond donors (Lipinski definition) is 1. The molecule has 0 radical (unpaired) electrons. The number of carboxylic acid groups (broad SMARTS) is 1. The maximum absolute atomic E-state index is 11.7. The van der Waals surface area contributed by atoms with Crippen molar-refractivity contribution in [1.82, 2.24) is 4.90 Å². The van der Waals surface area contributed by atoms with Gasteiger partial charge in [-0.2, -0.15) is 0 Å². The van der Waals surface area contributed by atoms with Gasteiger partial charge in [0.25, 0.3) is 11.8 Å². The third kappa shape index (κ3) is 1.62. The van der Waals surface area contributed by atoms with E-state index in [2.05, 4.69) is 0 Å². The Kier molecular flexibility index (Phi) is 2.53. The minimum atomic E-state index is -0.841. The number of nitrogens with zero attached hydrogens (tertiary/aromatic N) is 1. The molecule has 2 rings (SSSR count). The van der Waals surface area contributed by atoms with Gasteiger partial charge in [-0.05, 0) is 26.2 Å². The number of rotatable bonds is 2. The standard InChI is InChI=1S/C11H13NO4/c1-6-4-9(13)12(10(6)14)8-3-2-7(5-8)11(15)16/h4,7-8H,2-3,5H2,1H3,(H,15,16). The number of imide groups is 1. The molecule has 5 heteroatoms. The van der Waals surface area contributed by atoms with Crippen LogP contribution in [0.4, 0.5) is 0 Å². The molecule has 1 N–H and O–H groups in total. The lowest BCUT2D eigenvalue weighted by Crippen LogP contribution is -2.39. The van der Waals surface area contributed by atoms with Crippen molar-refractivity contribution in [3.63, 3.8) is 0 Å². The number of amides is 2. The molecule has 86 valence electrons. The van der Waals surface area contributed by atoms with E-state index < -0.39 is 11.9 Å². The van der Waals surface area contributed by atoms with Gasteiger partial charge in [0.2, 0.25) is 0 Å². The maximum atomic E-state index is 11.7. The predicted octanol–water partition coefficient (Wildman–Crippen LogP) is 0.555. The van der Waals surface area contributed by atoms with Gasteiger partial charge < -0.3 is 5.11 Å². The number of aliphatic carboxylic acids is 1. The van der Waals surface area contributed by atoms with E-state index in [1.807, 2.05) is 0 Å². The van der Waals surface area contributed by atoms with Crippen molar-refractivity contribution in [2.75, 3.05) is 0 Å². The second-order valence-electron chi connectivity index (χ2n) is 4.34. The highest BCUT2D eigenvalue weighted by Crippen LogP contribution is 2.32. The van der Waals surface area contributed by atoms with E-state index in [1.165, 1.54) is 11.0 Å². The molecule has 5 nitrogen and oxygen atoms in total. The molecule has 1 fully saturated rings. The van der Waals surface area contributed by atoms with Crippen LogP contribution in [0.1, 0.15) is 26.2 Å². The van der Waals surface area contributed by atoms with Crippen molar-refractivity contribution >= 4 is 17.8 Å². The zero-order valence-electron chi connectivity index (χ0n) is 8.97. The number of carbonyl (C=O) groups excluding carboxylic acids is 2. The van der Waals surface area contributed by atoms with Crippen LogP contribution in [0, 0.1) is 5.92 Å². The van der Waals surface area contributed by atoms with Crippen LogP contribution in [-0.4, -0.2) is 33.8 Å². The van der Waals surface area contributed by atoms with Crippen molar-refractivity contribution in [3.8, 4) is 0 Å². The molecule has 2 atom stereocenters. The molecule has 2 aliphatic rings. The average Bonchev–Trinajstić information content (AvgIpc) is 2.74. The third-order valence-corrected chi connectivity index (χ3v) is 3.25. The van der Waals surface area contributed by atoms with E-state index in [9.17, 15) is 14.4 Å². The molecule has 0 saturated heterocycles. The monoisotopic (exact) mass is 223 g/mol. The van der Waals surface area contributed by atoms with Gasteiger partial charge in [-0.3, -0.25) is 19.3 Å². The van der Waals surface area contributed by atoms with Gasteiger partial charge in [0, 0.05) is 17.7 Å². The molecule has 1 heterocycles. The Morgan fingerprint density at radius 3 is 2.56 bits per heavy atom. The first kappa shape index (κ1) is 10.9. The molecule has 0 bridgehead atoms. The van der Waals surface area contributed by atoms with Gasteiger partial charge in [-0.15, -0.1) is 0 Å². The Bertz CT molecular complexity index is 399. The molecular weight excluding hydrogens is 210 g/mol. The van der Waals surface area contributed by atoms with Crippen LogP contribution in [-0.2, 0) is 14.4 Å². The Labute approximate surface area is 92.7 Å². The molecule has 2 amide bonds. The quantitative estimate of drug-likeness (QED) is 0.694. The summed E-state index contributed by atoms with van der Waals surface area (Å²) in [4.78, 5) is 35.2. The van der Waals surface area contributed by atoms with E-state index >= 15 is 0 Å².